The summed E-state index contributed by atoms with van der Waals surface area (Å²) in [4.78, 5) is 14.2. The molecule has 0 heterocycles. The van der Waals surface area contributed by atoms with Crippen molar-refractivity contribution in [2.45, 2.75) is 19.5 Å². The molecule has 3 nitrogen and oxygen atoms in total. The SMILES string of the molecule is CN(C)Cc1ccccc1CNC(=O)CSCCc1ccccc1. The van der Waals surface area contributed by atoms with Crippen LogP contribution in [0.1, 0.15) is 16.7 Å². The van der Waals surface area contributed by atoms with Gasteiger partial charge in [0.15, 0.2) is 0 Å². The summed E-state index contributed by atoms with van der Waals surface area (Å²) in [6.07, 6.45) is 1.00. The average molecular weight is 343 g/mol. The molecule has 0 atom stereocenters. The molecule has 0 bridgehead atoms. The molecule has 1 N–H and O–H groups in total. The first kappa shape index (κ1) is 18.6. The summed E-state index contributed by atoms with van der Waals surface area (Å²) in [5, 5.41) is 3.03. The predicted octanol–water partition coefficient (Wildman–Crippen LogP) is 3.34. The molecule has 2 aromatic rings. The van der Waals surface area contributed by atoms with Crippen molar-refractivity contribution >= 4 is 17.7 Å². The van der Waals surface area contributed by atoms with Crippen molar-refractivity contribution in [2.75, 3.05) is 25.6 Å². The summed E-state index contributed by atoms with van der Waals surface area (Å²) >= 11 is 1.69. The number of benzene rings is 2. The quantitative estimate of drug-likeness (QED) is 0.710. The second-order valence-corrected chi connectivity index (χ2v) is 7.18. The van der Waals surface area contributed by atoms with E-state index in [0.29, 0.717) is 12.3 Å². The van der Waals surface area contributed by atoms with Gasteiger partial charge in [-0.25, -0.2) is 0 Å². The van der Waals surface area contributed by atoms with Gasteiger partial charge in [-0.15, -0.1) is 0 Å². The minimum atomic E-state index is 0.104. The lowest BCUT2D eigenvalue weighted by molar-refractivity contribution is -0.118. The van der Waals surface area contributed by atoms with Crippen LogP contribution in [-0.2, 0) is 24.3 Å². The molecular weight excluding hydrogens is 316 g/mol. The van der Waals surface area contributed by atoms with Crippen LogP contribution in [0.4, 0.5) is 0 Å². The lowest BCUT2D eigenvalue weighted by atomic mass is 10.1. The molecule has 1 amide bonds. The number of nitrogens with zero attached hydrogens (tertiary/aromatic N) is 1. The van der Waals surface area contributed by atoms with Crippen molar-refractivity contribution in [3.63, 3.8) is 0 Å². The summed E-state index contributed by atoms with van der Waals surface area (Å²) in [6, 6.07) is 18.7. The molecule has 0 unspecified atom stereocenters. The third-order valence-electron chi connectivity index (χ3n) is 3.69. The third kappa shape index (κ3) is 6.77. The summed E-state index contributed by atoms with van der Waals surface area (Å²) in [5.41, 5.74) is 3.77. The molecule has 0 spiro atoms. The van der Waals surface area contributed by atoms with Crippen molar-refractivity contribution in [1.82, 2.24) is 10.2 Å². The summed E-state index contributed by atoms with van der Waals surface area (Å²) < 4.78 is 0. The molecule has 2 rings (SSSR count). The van der Waals surface area contributed by atoms with E-state index in [1.165, 1.54) is 16.7 Å². The number of amides is 1. The van der Waals surface area contributed by atoms with Gasteiger partial charge in [0.2, 0.25) is 5.91 Å². The molecule has 4 heteroatoms. The Hall–Kier alpha value is -1.78. The van der Waals surface area contributed by atoms with Crippen LogP contribution in [0.5, 0.6) is 0 Å². The number of thioether (sulfide) groups is 1. The van der Waals surface area contributed by atoms with E-state index < -0.39 is 0 Å². The third-order valence-corrected chi connectivity index (χ3v) is 4.65. The first-order valence-corrected chi connectivity index (χ1v) is 9.40. The van der Waals surface area contributed by atoms with Crippen LogP contribution in [-0.4, -0.2) is 36.4 Å². The number of nitrogens with one attached hydrogen (secondary N) is 1. The van der Waals surface area contributed by atoms with Crippen molar-refractivity contribution < 1.29 is 4.79 Å². The van der Waals surface area contributed by atoms with E-state index in [2.05, 4.69) is 60.7 Å². The van der Waals surface area contributed by atoms with Gasteiger partial charge in [-0.2, -0.15) is 11.8 Å². The van der Waals surface area contributed by atoms with Gasteiger partial charge in [0.1, 0.15) is 0 Å². The molecule has 0 saturated heterocycles. The van der Waals surface area contributed by atoms with Crippen LogP contribution in [0.15, 0.2) is 54.6 Å². The normalized spacial score (nSPS) is 10.8. The van der Waals surface area contributed by atoms with E-state index in [0.717, 1.165) is 18.7 Å². The van der Waals surface area contributed by atoms with Crippen molar-refractivity contribution in [3.05, 3.63) is 71.3 Å². The first-order valence-electron chi connectivity index (χ1n) is 8.25. The zero-order chi connectivity index (χ0) is 17.2. The smallest absolute Gasteiger partial charge is 0.230 e. The number of carbonyl (C=O) groups excluding carboxylic acids is 1. The standard InChI is InChI=1S/C20H26N2OS/c1-22(2)15-19-11-7-6-10-18(19)14-21-20(23)16-24-13-12-17-8-4-3-5-9-17/h3-11H,12-16H2,1-2H3,(H,21,23). The lowest BCUT2D eigenvalue weighted by Gasteiger charge is -2.14. The zero-order valence-corrected chi connectivity index (χ0v) is 15.3. The molecule has 0 aliphatic rings. The van der Waals surface area contributed by atoms with Crippen molar-refractivity contribution in [3.8, 4) is 0 Å². The minimum Gasteiger partial charge on any atom is -0.351 e. The molecule has 0 fully saturated rings. The molecule has 128 valence electrons. The van der Waals surface area contributed by atoms with Gasteiger partial charge < -0.3 is 10.2 Å². The van der Waals surface area contributed by atoms with E-state index in [4.69, 9.17) is 0 Å². The topological polar surface area (TPSA) is 32.3 Å². The summed E-state index contributed by atoms with van der Waals surface area (Å²) in [7, 11) is 4.11. The predicted molar refractivity (Wildman–Crippen MR) is 103 cm³/mol. The number of carbonyl (C=O) groups is 1. The molecule has 2 aromatic carbocycles. The second-order valence-electron chi connectivity index (χ2n) is 6.07. The fraction of sp³-hybridized carbons (Fsp3) is 0.350. The molecule has 0 aromatic heterocycles. The Morgan fingerprint density at radius 3 is 2.38 bits per heavy atom. The molecule has 0 radical (unpaired) electrons. The molecule has 0 saturated carbocycles. The highest BCUT2D eigenvalue weighted by Gasteiger charge is 2.06. The van der Waals surface area contributed by atoms with Crippen LogP contribution >= 0.6 is 11.8 Å². The fourth-order valence-corrected chi connectivity index (χ4v) is 3.28. The van der Waals surface area contributed by atoms with E-state index in [9.17, 15) is 4.79 Å². The first-order chi connectivity index (χ1) is 11.6. The highest BCUT2D eigenvalue weighted by Crippen LogP contribution is 2.11. The van der Waals surface area contributed by atoms with E-state index in [1.807, 2.05) is 18.2 Å². The van der Waals surface area contributed by atoms with Gasteiger partial charge >= 0.3 is 0 Å². The lowest BCUT2D eigenvalue weighted by Crippen LogP contribution is -2.25. The Morgan fingerprint density at radius 2 is 1.67 bits per heavy atom. The summed E-state index contributed by atoms with van der Waals surface area (Å²) in [6.45, 7) is 1.49. The van der Waals surface area contributed by atoms with Crippen LogP contribution in [0.25, 0.3) is 0 Å². The Labute approximate surface area is 149 Å². The highest BCUT2D eigenvalue weighted by atomic mass is 32.2. The van der Waals surface area contributed by atoms with Crippen molar-refractivity contribution in [1.29, 1.82) is 0 Å². The van der Waals surface area contributed by atoms with E-state index in [1.54, 1.807) is 11.8 Å². The minimum absolute atomic E-state index is 0.104. The van der Waals surface area contributed by atoms with Gasteiger partial charge in [0.25, 0.3) is 0 Å². The Kier molecular flexibility index (Phi) is 7.86. The summed E-state index contributed by atoms with van der Waals surface area (Å²) in [5.74, 6) is 1.59. The second kappa shape index (κ2) is 10.2. The van der Waals surface area contributed by atoms with Gasteiger partial charge in [-0.3, -0.25) is 4.79 Å². The number of hydrogen-bond acceptors (Lipinski definition) is 3. The largest absolute Gasteiger partial charge is 0.351 e. The van der Waals surface area contributed by atoms with Crippen LogP contribution in [0, 0.1) is 0 Å². The van der Waals surface area contributed by atoms with Crippen LogP contribution in [0.2, 0.25) is 0 Å². The number of rotatable bonds is 9. The van der Waals surface area contributed by atoms with E-state index >= 15 is 0 Å². The maximum atomic E-state index is 12.0. The van der Waals surface area contributed by atoms with E-state index in [-0.39, 0.29) is 5.91 Å². The Bertz CT molecular complexity index is 629. The van der Waals surface area contributed by atoms with Crippen LogP contribution < -0.4 is 5.32 Å². The number of hydrogen-bond donors (Lipinski definition) is 1. The highest BCUT2D eigenvalue weighted by molar-refractivity contribution is 7.99. The molecule has 0 aliphatic heterocycles. The van der Waals surface area contributed by atoms with Gasteiger partial charge in [0.05, 0.1) is 5.75 Å². The molecule has 24 heavy (non-hydrogen) atoms. The van der Waals surface area contributed by atoms with Gasteiger partial charge in [0, 0.05) is 13.1 Å². The average Bonchev–Trinajstić information content (AvgIpc) is 2.58. The Balaban J connectivity index is 1.70. The monoisotopic (exact) mass is 342 g/mol. The zero-order valence-electron chi connectivity index (χ0n) is 14.5. The molecular formula is C20H26N2OS. The maximum absolute atomic E-state index is 12.0. The van der Waals surface area contributed by atoms with Gasteiger partial charge in [-0.1, -0.05) is 54.6 Å². The van der Waals surface area contributed by atoms with Crippen LogP contribution in [0.3, 0.4) is 0 Å². The Morgan fingerprint density at radius 1 is 1.00 bits per heavy atom. The number of aryl methyl sites for hydroxylation is 1. The molecule has 0 aliphatic carbocycles. The maximum Gasteiger partial charge on any atom is 0.230 e. The fourth-order valence-electron chi connectivity index (χ4n) is 2.47. The van der Waals surface area contributed by atoms with Crippen molar-refractivity contribution in [2.24, 2.45) is 0 Å². The van der Waals surface area contributed by atoms with Gasteiger partial charge in [-0.05, 0) is 43.0 Å².